The van der Waals surface area contributed by atoms with Gasteiger partial charge in [0.25, 0.3) is 0 Å². The Morgan fingerprint density at radius 1 is 1.69 bits per heavy atom. The van der Waals surface area contributed by atoms with Gasteiger partial charge in [0.05, 0.1) is 18.0 Å². The molecule has 1 aliphatic heterocycles. The molecule has 0 amide bonds. The van der Waals surface area contributed by atoms with Gasteiger partial charge in [-0.1, -0.05) is 0 Å². The average molecular weight is 220 g/mol. The number of rotatable bonds is 3. The number of nitrogens with zero attached hydrogens (tertiary/aromatic N) is 2. The van der Waals surface area contributed by atoms with Gasteiger partial charge in [-0.2, -0.15) is 0 Å². The van der Waals surface area contributed by atoms with Gasteiger partial charge in [-0.05, 0) is 31.9 Å². The summed E-state index contributed by atoms with van der Waals surface area (Å²) in [5.74, 6) is -0.202. The molecule has 16 heavy (non-hydrogen) atoms. The molecule has 0 aliphatic carbocycles. The monoisotopic (exact) mass is 220 g/mol. The molecule has 0 aromatic carbocycles. The molecule has 0 radical (unpaired) electrons. The third-order valence-corrected chi connectivity index (χ3v) is 2.76. The predicted molar refractivity (Wildman–Crippen MR) is 61.6 cm³/mol. The number of esters is 1. The average Bonchev–Trinajstić information content (AvgIpc) is 2.86. The van der Waals surface area contributed by atoms with E-state index >= 15 is 0 Å². The van der Waals surface area contributed by atoms with Crippen LogP contribution in [0.4, 0.5) is 0 Å². The minimum Gasteiger partial charge on any atom is -0.464 e. The van der Waals surface area contributed by atoms with Gasteiger partial charge in [0, 0.05) is 13.2 Å². The third-order valence-electron chi connectivity index (χ3n) is 2.76. The second-order valence-electron chi connectivity index (χ2n) is 3.89. The zero-order valence-electron chi connectivity index (χ0n) is 9.64. The van der Waals surface area contributed by atoms with Crippen molar-refractivity contribution in [3.63, 3.8) is 0 Å². The van der Waals surface area contributed by atoms with Crippen LogP contribution in [0.15, 0.2) is 23.3 Å². The quantitative estimate of drug-likeness (QED) is 0.725. The Kier molecular flexibility index (Phi) is 3.08. The Labute approximate surface area is 94.9 Å². The number of aliphatic imine (C=N–C) groups is 1. The first-order valence-corrected chi connectivity index (χ1v) is 5.57. The molecule has 1 aromatic rings. The SMILES string of the molecule is CCOC(=O)C1CCC(c2cccn2C)=N1. The molecule has 1 atom stereocenters. The number of ether oxygens (including phenoxy) is 1. The van der Waals surface area contributed by atoms with E-state index in [4.69, 9.17) is 4.74 Å². The first-order chi connectivity index (χ1) is 7.72. The van der Waals surface area contributed by atoms with E-state index in [1.807, 2.05) is 36.9 Å². The fourth-order valence-electron chi connectivity index (χ4n) is 1.95. The van der Waals surface area contributed by atoms with Gasteiger partial charge in [-0.15, -0.1) is 0 Å². The Balaban J connectivity index is 2.12. The van der Waals surface area contributed by atoms with E-state index in [1.165, 1.54) is 0 Å². The molecule has 4 nitrogen and oxygen atoms in total. The van der Waals surface area contributed by atoms with Crippen LogP contribution in [0.3, 0.4) is 0 Å². The maximum Gasteiger partial charge on any atom is 0.330 e. The first kappa shape index (κ1) is 10.9. The summed E-state index contributed by atoms with van der Waals surface area (Å²) in [4.78, 5) is 15.9. The van der Waals surface area contributed by atoms with Gasteiger partial charge in [-0.3, -0.25) is 4.99 Å². The minimum atomic E-state index is -0.301. The van der Waals surface area contributed by atoms with Crippen molar-refractivity contribution in [3.8, 4) is 0 Å². The molecule has 2 rings (SSSR count). The molecule has 0 saturated heterocycles. The van der Waals surface area contributed by atoms with Crippen LogP contribution in [0.2, 0.25) is 0 Å². The lowest BCUT2D eigenvalue weighted by atomic mass is 10.1. The van der Waals surface area contributed by atoms with E-state index in [-0.39, 0.29) is 12.0 Å². The lowest BCUT2D eigenvalue weighted by Crippen LogP contribution is -2.18. The van der Waals surface area contributed by atoms with Crippen molar-refractivity contribution in [1.82, 2.24) is 4.57 Å². The highest BCUT2D eigenvalue weighted by atomic mass is 16.5. The maximum absolute atomic E-state index is 11.5. The van der Waals surface area contributed by atoms with Gasteiger partial charge in [-0.25, -0.2) is 4.79 Å². The zero-order valence-corrected chi connectivity index (χ0v) is 9.64. The summed E-state index contributed by atoms with van der Waals surface area (Å²) in [6.45, 7) is 2.24. The predicted octanol–water partition coefficient (Wildman–Crippen LogP) is 1.54. The molecular formula is C12H16N2O2. The molecule has 0 spiro atoms. The van der Waals surface area contributed by atoms with Crippen LogP contribution in [0.25, 0.3) is 0 Å². The molecule has 0 fully saturated rings. The number of carbonyl (C=O) groups excluding carboxylic acids is 1. The Morgan fingerprint density at radius 2 is 2.50 bits per heavy atom. The molecule has 4 heteroatoms. The number of aryl methyl sites for hydroxylation is 1. The van der Waals surface area contributed by atoms with Crippen molar-refractivity contribution in [3.05, 3.63) is 24.0 Å². The molecule has 1 aliphatic rings. The topological polar surface area (TPSA) is 43.6 Å². The minimum absolute atomic E-state index is 0.202. The first-order valence-electron chi connectivity index (χ1n) is 5.57. The molecule has 86 valence electrons. The van der Waals surface area contributed by atoms with Crippen molar-refractivity contribution >= 4 is 11.7 Å². The van der Waals surface area contributed by atoms with Crippen LogP contribution < -0.4 is 0 Å². The third kappa shape index (κ3) is 2.01. The van der Waals surface area contributed by atoms with Crippen molar-refractivity contribution in [2.75, 3.05) is 6.61 Å². The van der Waals surface area contributed by atoms with Gasteiger partial charge < -0.3 is 9.30 Å². The second kappa shape index (κ2) is 4.51. The van der Waals surface area contributed by atoms with E-state index in [1.54, 1.807) is 0 Å². The summed E-state index contributed by atoms with van der Waals surface area (Å²) >= 11 is 0. The normalized spacial score (nSPS) is 19.6. The fraction of sp³-hybridized carbons (Fsp3) is 0.500. The number of hydrogen-bond donors (Lipinski definition) is 0. The van der Waals surface area contributed by atoms with E-state index in [0.29, 0.717) is 6.61 Å². The maximum atomic E-state index is 11.5. The van der Waals surface area contributed by atoms with Crippen molar-refractivity contribution in [2.24, 2.45) is 12.0 Å². The van der Waals surface area contributed by atoms with Crippen LogP contribution in [0.1, 0.15) is 25.5 Å². The molecular weight excluding hydrogens is 204 g/mol. The van der Waals surface area contributed by atoms with Crippen LogP contribution in [0.5, 0.6) is 0 Å². The second-order valence-corrected chi connectivity index (χ2v) is 3.89. The molecule has 0 N–H and O–H groups in total. The van der Waals surface area contributed by atoms with E-state index in [0.717, 1.165) is 24.2 Å². The van der Waals surface area contributed by atoms with Crippen molar-refractivity contribution in [2.45, 2.75) is 25.8 Å². The highest BCUT2D eigenvalue weighted by Gasteiger charge is 2.26. The highest BCUT2D eigenvalue weighted by molar-refractivity contribution is 6.02. The Hall–Kier alpha value is -1.58. The fourth-order valence-corrected chi connectivity index (χ4v) is 1.95. The number of hydrogen-bond acceptors (Lipinski definition) is 3. The smallest absolute Gasteiger partial charge is 0.330 e. The van der Waals surface area contributed by atoms with E-state index in [2.05, 4.69) is 4.99 Å². The number of carbonyl (C=O) groups is 1. The Bertz CT molecular complexity index is 420. The lowest BCUT2D eigenvalue weighted by molar-refractivity contribution is -0.144. The van der Waals surface area contributed by atoms with Crippen LogP contribution >= 0.6 is 0 Å². The van der Waals surface area contributed by atoms with Crippen molar-refractivity contribution in [1.29, 1.82) is 0 Å². The van der Waals surface area contributed by atoms with Gasteiger partial charge >= 0.3 is 5.97 Å². The summed E-state index contributed by atoms with van der Waals surface area (Å²) < 4.78 is 6.99. The highest BCUT2D eigenvalue weighted by Crippen LogP contribution is 2.19. The largest absolute Gasteiger partial charge is 0.464 e. The summed E-state index contributed by atoms with van der Waals surface area (Å²) in [7, 11) is 1.98. The zero-order chi connectivity index (χ0) is 11.5. The molecule has 1 aromatic heterocycles. The van der Waals surface area contributed by atoms with E-state index in [9.17, 15) is 4.79 Å². The van der Waals surface area contributed by atoms with Crippen molar-refractivity contribution < 1.29 is 9.53 Å². The summed E-state index contributed by atoms with van der Waals surface area (Å²) in [5, 5.41) is 0. The van der Waals surface area contributed by atoms with Gasteiger partial charge in [0.1, 0.15) is 6.04 Å². The molecule has 0 saturated carbocycles. The summed E-state index contributed by atoms with van der Waals surface area (Å²) in [6, 6.07) is 3.70. The van der Waals surface area contributed by atoms with Crippen LogP contribution in [-0.2, 0) is 16.6 Å². The van der Waals surface area contributed by atoms with Crippen LogP contribution in [0, 0.1) is 0 Å². The van der Waals surface area contributed by atoms with Crippen LogP contribution in [-0.4, -0.2) is 28.9 Å². The molecule has 1 unspecified atom stereocenters. The number of aromatic nitrogens is 1. The van der Waals surface area contributed by atoms with Gasteiger partial charge in [0.2, 0.25) is 0 Å². The molecule has 2 heterocycles. The Morgan fingerprint density at radius 3 is 3.12 bits per heavy atom. The molecule has 0 bridgehead atoms. The van der Waals surface area contributed by atoms with Gasteiger partial charge in [0.15, 0.2) is 0 Å². The standard InChI is InChI=1S/C12H16N2O2/c1-3-16-12(15)10-7-6-9(13-10)11-5-4-8-14(11)2/h4-5,8,10H,3,6-7H2,1-2H3. The lowest BCUT2D eigenvalue weighted by Gasteiger charge is -2.04. The van der Waals surface area contributed by atoms with E-state index < -0.39 is 0 Å². The summed E-state index contributed by atoms with van der Waals surface area (Å²) in [6.07, 6.45) is 3.59. The summed E-state index contributed by atoms with van der Waals surface area (Å²) in [5.41, 5.74) is 2.09.